The van der Waals surface area contributed by atoms with Crippen LogP contribution in [0.5, 0.6) is 0 Å². The number of hydrogen-bond acceptors (Lipinski definition) is 4. The van der Waals surface area contributed by atoms with Gasteiger partial charge in [-0.1, -0.05) is 12.8 Å². The van der Waals surface area contributed by atoms with Crippen LogP contribution in [0.4, 0.5) is 0 Å². The molecule has 18 heavy (non-hydrogen) atoms. The molecule has 6 nitrogen and oxygen atoms in total. The Labute approximate surface area is 106 Å². The van der Waals surface area contributed by atoms with E-state index >= 15 is 0 Å². The van der Waals surface area contributed by atoms with Gasteiger partial charge in [0, 0.05) is 0 Å². The Morgan fingerprint density at radius 2 is 1.39 bits per heavy atom. The molecule has 0 radical (unpaired) electrons. The third-order valence-corrected chi connectivity index (χ3v) is 3.79. The molecule has 2 aliphatic carbocycles. The molecule has 2 fully saturated rings. The normalized spacial score (nSPS) is 22.8. The second-order valence-electron chi connectivity index (χ2n) is 5.03. The Bertz CT molecular complexity index is 269. The van der Waals surface area contributed by atoms with Crippen LogP contribution in [-0.2, 0) is 9.59 Å². The van der Waals surface area contributed by atoms with Gasteiger partial charge in [0.2, 0.25) is 0 Å². The summed E-state index contributed by atoms with van der Waals surface area (Å²) in [5.74, 6) is -1.66. The minimum atomic E-state index is -1.11. The van der Waals surface area contributed by atoms with Crippen molar-refractivity contribution in [2.24, 2.45) is 17.6 Å². The molecule has 0 unspecified atom stereocenters. The van der Waals surface area contributed by atoms with E-state index in [-0.39, 0.29) is 11.8 Å². The summed E-state index contributed by atoms with van der Waals surface area (Å²) >= 11 is 0. The van der Waals surface area contributed by atoms with Crippen molar-refractivity contribution in [3.8, 4) is 0 Å². The summed E-state index contributed by atoms with van der Waals surface area (Å²) in [7, 11) is 0. The van der Waals surface area contributed by atoms with Gasteiger partial charge in [0.15, 0.2) is 6.10 Å². The van der Waals surface area contributed by atoms with Crippen LogP contribution < -0.4 is 5.73 Å². The summed E-state index contributed by atoms with van der Waals surface area (Å²) in [5.41, 5.74) is 5.32. The van der Waals surface area contributed by atoms with Crippen LogP contribution in [0.15, 0.2) is 0 Å². The lowest BCUT2D eigenvalue weighted by atomic mass is 9.80. The summed E-state index contributed by atoms with van der Waals surface area (Å²) in [6, 6.07) is -0.612. The molecular weight excluding hydrogens is 238 g/mol. The van der Waals surface area contributed by atoms with Crippen LogP contribution in [-0.4, -0.2) is 39.4 Å². The second-order valence-corrected chi connectivity index (χ2v) is 5.03. The molecule has 2 aliphatic rings. The lowest BCUT2D eigenvalue weighted by Crippen LogP contribution is -2.41. The number of carboxylic acid groups (broad SMARTS) is 2. The Hall–Kier alpha value is -1.14. The van der Waals surface area contributed by atoms with E-state index in [0.29, 0.717) is 0 Å². The largest absolute Gasteiger partial charge is 0.480 e. The Balaban J connectivity index is 0.000000180. The summed E-state index contributed by atoms with van der Waals surface area (Å²) < 4.78 is 0. The molecule has 2 rings (SSSR count). The minimum Gasteiger partial charge on any atom is -0.480 e. The van der Waals surface area contributed by atoms with Gasteiger partial charge in [-0.05, 0) is 37.5 Å². The molecule has 0 aromatic rings. The first-order valence-corrected chi connectivity index (χ1v) is 6.32. The summed E-state index contributed by atoms with van der Waals surface area (Å²) in [5, 5.41) is 25.5. The van der Waals surface area contributed by atoms with E-state index in [1.165, 1.54) is 0 Å². The van der Waals surface area contributed by atoms with Crippen molar-refractivity contribution in [1.29, 1.82) is 0 Å². The molecule has 0 aliphatic heterocycles. The van der Waals surface area contributed by atoms with Crippen molar-refractivity contribution >= 4 is 11.9 Å². The van der Waals surface area contributed by atoms with Crippen molar-refractivity contribution in [2.75, 3.05) is 0 Å². The lowest BCUT2D eigenvalue weighted by molar-refractivity contribution is -0.151. The van der Waals surface area contributed by atoms with Crippen molar-refractivity contribution in [1.82, 2.24) is 0 Å². The molecule has 0 bridgehead atoms. The van der Waals surface area contributed by atoms with Crippen LogP contribution in [0.25, 0.3) is 0 Å². The maximum atomic E-state index is 10.2. The van der Waals surface area contributed by atoms with Crippen molar-refractivity contribution < 1.29 is 24.9 Å². The molecule has 5 N–H and O–H groups in total. The zero-order valence-electron chi connectivity index (χ0n) is 10.3. The van der Waals surface area contributed by atoms with Crippen LogP contribution >= 0.6 is 0 Å². The Morgan fingerprint density at radius 3 is 1.50 bits per heavy atom. The molecule has 0 spiro atoms. The van der Waals surface area contributed by atoms with E-state index in [1.54, 1.807) is 0 Å². The second kappa shape index (κ2) is 6.70. The standard InChI is InChI=1S/C6H11NO2.C6H10O3/c2*7-5(6(8)9)4-2-1-3-4/h4-5H,1-3,7H2,(H,8,9);4-5,7H,1-3H2,(H,8,9)/t2*5-/m00/s1. The van der Waals surface area contributed by atoms with Crippen LogP contribution in [0, 0.1) is 11.8 Å². The summed E-state index contributed by atoms with van der Waals surface area (Å²) in [6.07, 6.45) is 4.82. The Kier molecular flexibility index (Phi) is 5.55. The summed E-state index contributed by atoms with van der Waals surface area (Å²) in [4.78, 5) is 20.3. The number of carbonyl (C=O) groups is 2. The number of nitrogens with two attached hydrogens (primary N) is 1. The molecule has 2 atom stereocenters. The highest BCUT2D eigenvalue weighted by atomic mass is 16.4. The van der Waals surface area contributed by atoms with Crippen LogP contribution in [0.3, 0.4) is 0 Å². The van der Waals surface area contributed by atoms with Gasteiger partial charge in [-0.2, -0.15) is 0 Å². The van der Waals surface area contributed by atoms with E-state index in [0.717, 1.165) is 38.5 Å². The SMILES string of the molecule is N[C@H](C(=O)O)C1CCC1.O=C(O)[C@@H](O)C1CCC1. The topological polar surface area (TPSA) is 121 Å². The molecule has 0 aromatic heterocycles. The number of rotatable bonds is 4. The van der Waals surface area contributed by atoms with Gasteiger partial charge in [0.05, 0.1) is 0 Å². The highest BCUT2D eigenvalue weighted by Crippen LogP contribution is 2.29. The fourth-order valence-electron chi connectivity index (χ4n) is 1.96. The van der Waals surface area contributed by atoms with Gasteiger partial charge < -0.3 is 21.1 Å². The van der Waals surface area contributed by atoms with Crippen LogP contribution in [0.2, 0.25) is 0 Å². The predicted molar refractivity (Wildman–Crippen MR) is 63.9 cm³/mol. The van der Waals surface area contributed by atoms with E-state index in [4.69, 9.17) is 21.1 Å². The van der Waals surface area contributed by atoms with Gasteiger partial charge in [0.1, 0.15) is 6.04 Å². The first-order valence-electron chi connectivity index (χ1n) is 6.32. The lowest BCUT2D eigenvalue weighted by Gasteiger charge is -2.28. The molecule has 0 heterocycles. The fraction of sp³-hybridized carbons (Fsp3) is 0.833. The maximum absolute atomic E-state index is 10.2. The average molecular weight is 259 g/mol. The average Bonchev–Trinajstić information content (AvgIpc) is 2.12. The first kappa shape index (κ1) is 14.9. The fourth-order valence-corrected chi connectivity index (χ4v) is 1.96. The number of aliphatic hydroxyl groups is 1. The molecule has 0 amide bonds. The van der Waals surface area contributed by atoms with E-state index in [1.807, 2.05) is 0 Å². The quantitative estimate of drug-likeness (QED) is 0.581. The molecule has 104 valence electrons. The van der Waals surface area contributed by atoms with Gasteiger partial charge in [-0.15, -0.1) is 0 Å². The number of aliphatic hydroxyl groups excluding tert-OH is 1. The third kappa shape index (κ3) is 3.96. The minimum absolute atomic E-state index is 0.0301. The van der Waals surface area contributed by atoms with Gasteiger partial charge in [0.25, 0.3) is 0 Å². The monoisotopic (exact) mass is 259 g/mol. The van der Waals surface area contributed by atoms with E-state index in [2.05, 4.69) is 0 Å². The van der Waals surface area contributed by atoms with E-state index < -0.39 is 24.1 Å². The summed E-state index contributed by atoms with van der Waals surface area (Å²) in [6.45, 7) is 0. The number of carboxylic acids is 2. The Morgan fingerprint density at radius 1 is 0.944 bits per heavy atom. The first-order chi connectivity index (χ1) is 8.43. The zero-order valence-corrected chi connectivity index (χ0v) is 10.3. The maximum Gasteiger partial charge on any atom is 0.332 e. The molecule has 6 heteroatoms. The molecule has 0 aromatic carbocycles. The zero-order chi connectivity index (χ0) is 13.7. The van der Waals surface area contributed by atoms with Crippen molar-refractivity contribution in [2.45, 2.75) is 50.7 Å². The van der Waals surface area contributed by atoms with E-state index in [9.17, 15) is 9.59 Å². The molecular formula is C12H21NO5. The predicted octanol–water partition coefficient (Wildman–Crippen LogP) is 0.430. The highest BCUT2D eigenvalue weighted by molar-refractivity contribution is 5.73. The third-order valence-electron chi connectivity index (χ3n) is 3.79. The van der Waals surface area contributed by atoms with Crippen molar-refractivity contribution in [3.05, 3.63) is 0 Å². The number of hydrogen-bond donors (Lipinski definition) is 4. The van der Waals surface area contributed by atoms with Gasteiger partial charge in [-0.25, -0.2) is 4.79 Å². The van der Waals surface area contributed by atoms with Gasteiger partial charge >= 0.3 is 11.9 Å². The molecule has 0 saturated heterocycles. The van der Waals surface area contributed by atoms with Crippen molar-refractivity contribution in [3.63, 3.8) is 0 Å². The molecule has 2 saturated carbocycles. The smallest absolute Gasteiger partial charge is 0.332 e. The number of aliphatic carboxylic acids is 2. The van der Waals surface area contributed by atoms with Gasteiger partial charge in [-0.3, -0.25) is 4.79 Å². The van der Waals surface area contributed by atoms with Crippen LogP contribution in [0.1, 0.15) is 38.5 Å². The highest BCUT2D eigenvalue weighted by Gasteiger charge is 2.30.